The fourth-order valence-corrected chi connectivity index (χ4v) is 5.15. The molecule has 2 fully saturated rings. The van der Waals surface area contributed by atoms with Crippen LogP contribution in [0.4, 0.5) is 5.69 Å². The molecule has 3 N–H and O–H groups in total. The highest BCUT2D eigenvalue weighted by atomic mass is 16.5. The highest BCUT2D eigenvalue weighted by Gasteiger charge is 2.28. The lowest BCUT2D eigenvalue weighted by Gasteiger charge is -2.37. The standard InChI is InChI=1S/C27H38N4O3/c1-6-22-12-21(7-8-34-22)30-25-11-19(20-14-31(5)15-20)10-23(18(25)4)26(32)28-13-24-16(2)9-17(3)29-27(24)33/h9-11,20-22,30H,6-8,12-15H2,1-5H3,(H,28,32)(H,29,33). The Balaban J connectivity index is 1.58. The third kappa shape index (κ3) is 5.36. The molecule has 2 aliphatic heterocycles. The van der Waals surface area contributed by atoms with E-state index in [4.69, 9.17) is 4.74 Å². The van der Waals surface area contributed by atoms with Crippen LogP contribution >= 0.6 is 0 Å². The number of nitrogens with zero attached hydrogens (tertiary/aromatic N) is 1. The van der Waals surface area contributed by atoms with E-state index in [0.717, 1.165) is 61.5 Å². The van der Waals surface area contributed by atoms with Gasteiger partial charge in [-0.25, -0.2) is 0 Å². The number of hydrogen-bond acceptors (Lipinski definition) is 5. The second-order valence-corrected chi connectivity index (χ2v) is 10.1. The topological polar surface area (TPSA) is 86.5 Å². The molecule has 3 heterocycles. The fraction of sp³-hybridized carbons (Fsp3) is 0.556. The van der Waals surface area contributed by atoms with E-state index in [1.165, 1.54) is 5.56 Å². The Labute approximate surface area is 202 Å². The summed E-state index contributed by atoms with van der Waals surface area (Å²) in [5.41, 5.74) is 6.01. The highest BCUT2D eigenvalue weighted by Crippen LogP contribution is 2.32. The van der Waals surface area contributed by atoms with Gasteiger partial charge in [0.1, 0.15) is 0 Å². The summed E-state index contributed by atoms with van der Waals surface area (Å²) < 4.78 is 5.85. The van der Waals surface area contributed by atoms with Crippen molar-refractivity contribution < 1.29 is 9.53 Å². The number of ether oxygens (including phenoxy) is 1. The van der Waals surface area contributed by atoms with Crippen molar-refractivity contribution in [1.29, 1.82) is 0 Å². The highest BCUT2D eigenvalue weighted by molar-refractivity contribution is 5.97. The minimum absolute atomic E-state index is 0.145. The first-order valence-electron chi connectivity index (χ1n) is 12.4. The summed E-state index contributed by atoms with van der Waals surface area (Å²) in [7, 11) is 2.12. The average molecular weight is 467 g/mol. The Morgan fingerprint density at radius 3 is 2.65 bits per heavy atom. The van der Waals surface area contributed by atoms with Gasteiger partial charge in [-0.2, -0.15) is 0 Å². The van der Waals surface area contributed by atoms with E-state index < -0.39 is 0 Å². The first-order chi connectivity index (χ1) is 16.2. The number of H-pyrrole nitrogens is 1. The number of hydrogen-bond donors (Lipinski definition) is 3. The first kappa shape index (κ1) is 24.5. The molecule has 0 radical (unpaired) electrons. The maximum Gasteiger partial charge on any atom is 0.253 e. The molecule has 0 aliphatic carbocycles. The molecular weight excluding hydrogens is 428 g/mol. The molecule has 1 aromatic carbocycles. The predicted molar refractivity (Wildman–Crippen MR) is 136 cm³/mol. The fourth-order valence-electron chi connectivity index (χ4n) is 5.15. The second-order valence-electron chi connectivity index (χ2n) is 10.1. The van der Waals surface area contributed by atoms with Gasteiger partial charge in [0.2, 0.25) is 0 Å². The quantitative estimate of drug-likeness (QED) is 0.580. The maximum absolute atomic E-state index is 13.3. The average Bonchev–Trinajstić information content (AvgIpc) is 2.77. The number of pyridine rings is 1. The largest absolute Gasteiger partial charge is 0.382 e. The Morgan fingerprint density at radius 1 is 1.21 bits per heavy atom. The molecule has 1 amide bonds. The number of rotatable bonds is 7. The van der Waals surface area contributed by atoms with Gasteiger partial charge in [0.05, 0.1) is 6.10 Å². The summed E-state index contributed by atoms with van der Waals surface area (Å²) in [6.07, 6.45) is 3.23. The monoisotopic (exact) mass is 466 g/mol. The number of carbonyl (C=O) groups is 1. The van der Waals surface area contributed by atoms with Crippen LogP contribution in [0.1, 0.15) is 70.4 Å². The molecule has 0 spiro atoms. The molecule has 2 atom stereocenters. The molecule has 7 nitrogen and oxygen atoms in total. The summed E-state index contributed by atoms with van der Waals surface area (Å²) in [6, 6.07) is 6.54. The third-order valence-electron chi connectivity index (χ3n) is 7.31. The van der Waals surface area contributed by atoms with Crippen LogP contribution in [-0.4, -0.2) is 54.7 Å². The molecule has 0 saturated carbocycles. The molecule has 34 heavy (non-hydrogen) atoms. The van der Waals surface area contributed by atoms with Gasteiger partial charge in [-0.1, -0.05) is 6.92 Å². The molecule has 7 heteroatoms. The molecule has 4 rings (SSSR count). The van der Waals surface area contributed by atoms with Crippen LogP contribution in [0.2, 0.25) is 0 Å². The van der Waals surface area contributed by atoms with Gasteiger partial charge in [0, 0.05) is 60.7 Å². The molecule has 2 unspecified atom stereocenters. The van der Waals surface area contributed by atoms with Crippen LogP contribution in [0.5, 0.6) is 0 Å². The van der Waals surface area contributed by atoms with E-state index >= 15 is 0 Å². The molecule has 0 bridgehead atoms. The molecule has 2 aromatic rings. The molecular formula is C27H38N4O3. The van der Waals surface area contributed by atoms with Gasteiger partial charge < -0.3 is 25.3 Å². The summed E-state index contributed by atoms with van der Waals surface area (Å²) in [5, 5.41) is 6.73. The Kier molecular flexibility index (Phi) is 7.43. The van der Waals surface area contributed by atoms with Crippen molar-refractivity contribution >= 4 is 11.6 Å². The zero-order chi connectivity index (χ0) is 24.4. The Bertz CT molecular complexity index is 1100. The van der Waals surface area contributed by atoms with Crippen molar-refractivity contribution in [3.8, 4) is 0 Å². The summed E-state index contributed by atoms with van der Waals surface area (Å²) in [4.78, 5) is 30.8. The van der Waals surface area contributed by atoms with E-state index in [1.54, 1.807) is 0 Å². The van der Waals surface area contributed by atoms with Gasteiger partial charge in [-0.05, 0) is 82.0 Å². The van der Waals surface area contributed by atoms with Gasteiger partial charge in [0.25, 0.3) is 11.5 Å². The second kappa shape index (κ2) is 10.3. The zero-order valence-corrected chi connectivity index (χ0v) is 21.1. The van der Waals surface area contributed by atoms with E-state index in [1.807, 2.05) is 32.9 Å². The minimum Gasteiger partial charge on any atom is -0.382 e. The van der Waals surface area contributed by atoms with Crippen LogP contribution < -0.4 is 16.2 Å². The number of aromatic amines is 1. The number of benzene rings is 1. The minimum atomic E-state index is -0.145. The Hall–Kier alpha value is -2.64. The van der Waals surface area contributed by atoms with Crippen LogP contribution in [0.15, 0.2) is 23.0 Å². The summed E-state index contributed by atoms with van der Waals surface area (Å²) >= 11 is 0. The van der Waals surface area contributed by atoms with E-state index in [9.17, 15) is 9.59 Å². The van der Waals surface area contributed by atoms with Crippen molar-refractivity contribution in [3.05, 3.63) is 62.1 Å². The number of aromatic nitrogens is 1. The molecule has 1 aromatic heterocycles. The van der Waals surface area contributed by atoms with Gasteiger partial charge in [-0.15, -0.1) is 0 Å². The van der Waals surface area contributed by atoms with Gasteiger partial charge >= 0.3 is 0 Å². The number of likely N-dealkylation sites (tertiary alicyclic amines) is 1. The maximum atomic E-state index is 13.3. The molecule has 2 saturated heterocycles. The lowest BCUT2D eigenvalue weighted by Crippen LogP contribution is -2.42. The van der Waals surface area contributed by atoms with Crippen molar-refractivity contribution in [2.24, 2.45) is 0 Å². The van der Waals surface area contributed by atoms with Crippen LogP contribution in [0, 0.1) is 20.8 Å². The predicted octanol–water partition coefficient (Wildman–Crippen LogP) is 3.63. The lowest BCUT2D eigenvalue weighted by molar-refractivity contribution is 0.00924. The van der Waals surface area contributed by atoms with Crippen molar-refractivity contribution in [2.75, 3.05) is 32.1 Å². The van der Waals surface area contributed by atoms with Crippen molar-refractivity contribution in [2.45, 2.75) is 71.6 Å². The SMILES string of the molecule is CCC1CC(Nc2cc(C3CN(C)C3)cc(C(=O)NCc3c(C)cc(C)[nH]c3=O)c2C)CCO1. The number of likely N-dealkylation sites (N-methyl/N-ethyl adjacent to an activating group) is 1. The lowest BCUT2D eigenvalue weighted by atomic mass is 9.88. The Morgan fingerprint density at radius 2 is 1.97 bits per heavy atom. The third-order valence-corrected chi connectivity index (χ3v) is 7.31. The number of aryl methyl sites for hydroxylation is 2. The number of carbonyl (C=O) groups excluding carboxylic acids is 1. The van der Waals surface area contributed by atoms with E-state index in [-0.39, 0.29) is 24.1 Å². The summed E-state index contributed by atoms with van der Waals surface area (Å²) in [6.45, 7) is 10.9. The van der Waals surface area contributed by atoms with Gasteiger partial charge in [-0.3, -0.25) is 9.59 Å². The van der Waals surface area contributed by atoms with Crippen LogP contribution in [0.3, 0.4) is 0 Å². The zero-order valence-electron chi connectivity index (χ0n) is 21.1. The molecule has 184 valence electrons. The van der Waals surface area contributed by atoms with Crippen LogP contribution in [0.25, 0.3) is 0 Å². The number of amides is 1. The smallest absolute Gasteiger partial charge is 0.253 e. The normalized spacial score (nSPS) is 21.2. The van der Waals surface area contributed by atoms with Gasteiger partial charge in [0.15, 0.2) is 0 Å². The number of nitrogens with one attached hydrogen (secondary N) is 3. The van der Waals surface area contributed by atoms with E-state index in [2.05, 4.69) is 40.6 Å². The van der Waals surface area contributed by atoms with E-state index in [0.29, 0.717) is 23.1 Å². The first-order valence-corrected chi connectivity index (χ1v) is 12.4. The molecule has 2 aliphatic rings. The van der Waals surface area contributed by atoms with Crippen molar-refractivity contribution in [3.63, 3.8) is 0 Å². The number of anilines is 1. The van der Waals surface area contributed by atoms with Crippen LogP contribution in [-0.2, 0) is 11.3 Å². The summed E-state index contributed by atoms with van der Waals surface area (Å²) in [5.74, 6) is 0.283. The van der Waals surface area contributed by atoms with Crippen molar-refractivity contribution in [1.82, 2.24) is 15.2 Å².